The molecule has 1 N–H and O–H groups in total. The maximum absolute atomic E-state index is 12.4. The Morgan fingerprint density at radius 3 is 2.89 bits per heavy atom. The highest BCUT2D eigenvalue weighted by Gasteiger charge is 2.29. The first-order valence-corrected chi connectivity index (χ1v) is 7.74. The van der Waals surface area contributed by atoms with Gasteiger partial charge in [-0.1, -0.05) is 6.92 Å². The standard InChI is InChI=1S/C12H18N2O4S/c1-2-14(8-10-4-6-18-9-10)19(16,17)12-7-13-5-3-11(12)15/h3,5,7,10H,2,4,6,8-9H2,1H3,(H,13,15). The van der Waals surface area contributed by atoms with Crippen molar-refractivity contribution >= 4 is 10.0 Å². The summed E-state index contributed by atoms with van der Waals surface area (Å²) < 4.78 is 31.5. The summed E-state index contributed by atoms with van der Waals surface area (Å²) in [6.45, 7) is 3.76. The molecule has 2 rings (SSSR count). The van der Waals surface area contributed by atoms with Crippen LogP contribution < -0.4 is 5.43 Å². The highest BCUT2D eigenvalue weighted by molar-refractivity contribution is 7.89. The third kappa shape index (κ3) is 3.05. The van der Waals surface area contributed by atoms with Gasteiger partial charge in [0.15, 0.2) is 0 Å². The van der Waals surface area contributed by atoms with Gasteiger partial charge in [0.25, 0.3) is 0 Å². The molecule has 0 saturated carbocycles. The van der Waals surface area contributed by atoms with Gasteiger partial charge in [0.1, 0.15) is 4.90 Å². The van der Waals surface area contributed by atoms with Gasteiger partial charge in [0, 0.05) is 38.2 Å². The summed E-state index contributed by atoms with van der Waals surface area (Å²) in [5, 5.41) is 0. The quantitative estimate of drug-likeness (QED) is 0.851. The van der Waals surface area contributed by atoms with Gasteiger partial charge >= 0.3 is 0 Å². The van der Waals surface area contributed by atoms with Crippen LogP contribution in [0.2, 0.25) is 0 Å². The SMILES string of the molecule is CCN(CC1CCOC1)S(=O)(=O)c1c[nH]ccc1=O. The van der Waals surface area contributed by atoms with Crippen LogP contribution in [-0.2, 0) is 14.8 Å². The minimum absolute atomic E-state index is 0.198. The van der Waals surface area contributed by atoms with Crippen molar-refractivity contribution in [2.75, 3.05) is 26.3 Å². The van der Waals surface area contributed by atoms with Gasteiger partial charge in [0.2, 0.25) is 15.5 Å². The zero-order valence-electron chi connectivity index (χ0n) is 10.8. The van der Waals surface area contributed by atoms with Crippen molar-refractivity contribution in [2.24, 2.45) is 5.92 Å². The number of aromatic nitrogens is 1. The maximum atomic E-state index is 12.4. The first-order valence-electron chi connectivity index (χ1n) is 6.30. The molecule has 1 aromatic rings. The van der Waals surface area contributed by atoms with Crippen LogP contribution in [0.4, 0.5) is 0 Å². The first kappa shape index (κ1) is 14.2. The number of nitrogens with zero attached hydrogens (tertiary/aromatic N) is 1. The highest BCUT2D eigenvalue weighted by atomic mass is 32.2. The van der Waals surface area contributed by atoms with Gasteiger partial charge in [-0.3, -0.25) is 4.79 Å². The molecule has 1 aliphatic heterocycles. The Bertz CT molecular complexity index is 575. The molecular weight excluding hydrogens is 268 g/mol. The molecule has 1 aliphatic rings. The van der Waals surface area contributed by atoms with Crippen molar-refractivity contribution in [1.82, 2.24) is 9.29 Å². The fourth-order valence-electron chi connectivity index (χ4n) is 2.15. The second-order valence-corrected chi connectivity index (χ2v) is 6.46. The Morgan fingerprint density at radius 2 is 2.32 bits per heavy atom. The van der Waals surface area contributed by atoms with Crippen LogP contribution in [0.3, 0.4) is 0 Å². The summed E-state index contributed by atoms with van der Waals surface area (Å²) in [6, 6.07) is 1.22. The molecule has 0 aliphatic carbocycles. The number of aromatic amines is 1. The molecule has 0 spiro atoms. The van der Waals surface area contributed by atoms with Crippen LogP contribution in [0.5, 0.6) is 0 Å². The van der Waals surface area contributed by atoms with Crippen molar-refractivity contribution in [3.8, 4) is 0 Å². The number of sulfonamides is 1. The molecule has 2 heterocycles. The Labute approximate surface area is 112 Å². The average Bonchev–Trinajstić information content (AvgIpc) is 2.89. The molecule has 1 aromatic heterocycles. The topological polar surface area (TPSA) is 79.5 Å². The van der Waals surface area contributed by atoms with E-state index in [2.05, 4.69) is 4.98 Å². The third-order valence-electron chi connectivity index (χ3n) is 3.24. The van der Waals surface area contributed by atoms with E-state index in [0.717, 1.165) is 6.42 Å². The second kappa shape index (κ2) is 5.85. The van der Waals surface area contributed by atoms with E-state index in [9.17, 15) is 13.2 Å². The van der Waals surface area contributed by atoms with Gasteiger partial charge in [-0.25, -0.2) is 8.42 Å². The summed E-state index contributed by atoms with van der Waals surface area (Å²) in [5.74, 6) is 0.206. The molecule has 6 nitrogen and oxygen atoms in total. The Kier molecular flexibility index (Phi) is 4.38. The van der Waals surface area contributed by atoms with Gasteiger partial charge in [-0.05, 0) is 12.3 Å². The van der Waals surface area contributed by atoms with E-state index in [1.165, 1.54) is 22.8 Å². The van der Waals surface area contributed by atoms with Gasteiger partial charge < -0.3 is 9.72 Å². The van der Waals surface area contributed by atoms with Crippen molar-refractivity contribution in [3.05, 3.63) is 28.7 Å². The fourth-order valence-corrected chi connectivity index (χ4v) is 3.72. The summed E-state index contributed by atoms with van der Waals surface area (Å²) >= 11 is 0. The molecule has 0 amide bonds. The van der Waals surface area contributed by atoms with E-state index in [1.54, 1.807) is 6.92 Å². The van der Waals surface area contributed by atoms with Crippen LogP contribution in [0.15, 0.2) is 28.2 Å². The number of pyridine rings is 1. The van der Waals surface area contributed by atoms with Crippen LogP contribution >= 0.6 is 0 Å². The predicted molar refractivity (Wildman–Crippen MR) is 70.4 cm³/mol. The molecule has 0 radical (unpaired) electrons. The largest absolute Gasteiger partial charge is 0.381 e. The fraction of sp³-hybridized carbons (Fsp3) is 0.583. The summed E-state index contributed by atoms with van der Waals surface area (Å²) in [7, 11) is -3.74. The van der Waals surface area contributed by atoms with Crippen molar-refractivity contribution in [1.29, 1.82) is 0 Å². The second-order valence-electron chi connectivity index (χ2n) is 4.56. The number of H-pyrrole nitrogens is 1. The summed E-state index contributed by atoms with van der Waals surface area (Å²) in [6.07, 6.45) is 3.52. The van der Waals surface area contributed by atoms with Gasteiger partial charge in [-0.15, -0.1) is 0 Å². The molecule has 1 fully saturated rings. The third-order valence-corrected chi connectivity index (χ3v) is 5.21. The minimum atomic E-state index is -3.74. The van der Waals surface area contributed by atoms with Gasteiger partial charge in [0.05, 0.1) is 6.61 Å². The van der Waals surface area contributed by atoms with E-state index in [0.29, 0.717) is 26.3 Å². The molecule has 7 heteroatoms. The van der Waals surface area contributed by atoms with Crippen LogP contribution in [0.25, 0.3) is 0 Å². The molecule has 1 atom stereocenters. The van der Waals surface area contributed by atoms with Crippen molar-refractivity contribution < 1.29 is 13.2 Å². The van der Waals surface area contributed by atoms with E-state index in [-0.39, 0.29) is 10.8 Å². The molecule has 0 aromatic carbocycles. The maximum Gasteiger partial charge on any atom is 0.248 e. The number of rotatable bonds is 5. The molecule has 0 bridgehead atoms. The van der Waals surface area contributed by atoms with Crippen molar-refractivity contribution in [3.63, 3.8) is 0 Å². The number of hydrogen-bond donors (Lipinski definition) is 1. The van der Waals surface area contributed by atoms with Crippen molar-refractivity contribution in [2.45, 2.75) is 18.2 Å². The van der Waals surface area contributed by atoms with E-state index < -0.39 is 15.5 Å². The Balaban J connectivity index is 2.25. The van der Waals surface area contributed by atoms with Crippen LogP contribution in [0.1, 0.15) is 13.3 Å². The van der Waals surface area contributed by atoms with Crippen LogP contribution in [-0.4, -0.2) is 44.0 Å². The lowest BCUT2D eigenvalue weighted by atomic mass is 10.1. The normalized spacial score (nSPS) is 20.0. The Hall–Kier alpha value is -1.18. The molecule has 1 saturated heterocycles. The zero-order valence-corrected chi connectivity index (χ0v) is 11.6. The van der Waals surface area contributed by atoms with Crippen LogP contribution in [0, 0.1) is 5.92 Å². The number of hydrogen-bond acceptors (Lipinski definition) is 4. The molecule has 19 heavy (non-hydrogen) atoms. The number of ether oxygens (including phenoxy) is 1. The predicted octanol–water partition coefficient (Wildman–Crippen LogP) is 0.422. The van der Waals surface area contributed by atoms with E-state index >= 15 is 0 Å². The van der Waals surface area contributed by atoms with Gasteiger partial charge in [-0.2, -0.15) is 4.31 Å². The lowest BCUT2D eigenvalue weighted by Gasteiger charge is -2.22. The van der Waals surface area contributed by atoms with E-state index in [1.807, 2.05) is 0 Å². The summed E-state index contributed by atoms with van der Waals surface area (Å²) in [5.41, 5.74) is -0.486. The average molecular weight is 286 g/mol. The Morgan fingerprint density at radius 1 is 1.53 bits per heavy atom. The zero-order chi connectivity index (χ0) is 13.9. The monoisotopic (exact) mass is 286 g/mol. The smallest absolute Gasteiger partial charge is 0.248 e. The number of nitrogens with one attached hydrogen (secondary N) is 1. The lowest BCUT2D eigenvalue weighted by Crippen LogP contribution is -2.37. The molecule has 106 valence electrons. The summed E-state index contributed by atoms with van der Waals surface area (Å²) in [4.78, 5) is 14.1. The molecule has 1 unspecified atom stereocenters. The molecular formula is C12H18N2O4S. The lowest BCUT2D eigenvalue weighted by molar-refractivity contribution is 0.181. The minimum Gasteiger partial charge on any atom is -0.381 e. The highest BCUT2D eigenvalue weighted by Crippen LogP contribution is 2.18. The first-order chi connectivity index (χ1) is 9.05. The van der Waals surface area contributed by atoms with E-state index in [4.69, 9.17) is 4.74 Å².